The van der Waals surface area contributed by atoms with E-state index in [0.717, 1.165) is 22.3 Å². The van der Waals surface area contributed by atoms with E-state index in [1.54, 1.807) is 42.6 Å². The molecule has 0 saturated heterocycles. The third-order valence-electron chi connectivity index (χ3n) is 4.54. The van der Waals surface area contributed by atoms with Crippen LogP contribution in [-0.2, 0) is 0 Å². The lowest BCUT2D eigenvalue weighted by atomic mass is 10.0. The molecule has 2 N–H and O–H groups in total. The van der Waals surface area contributed by atoms with Gasteiger partial charge in [-0.05, 0) is 52.4 Å². The Morgan fingerprint density at radius 2 is 1.38 bits per heavy atom. The average molecular weight is 402 g/mol. The fourth-order valence-corrected chi connectivity index (χ4v) is 4.05. The van der Waals surface area contributed by atoms with Gasteiger partial charge in [0.1, 0.15) is 0 Å². The molecule has 0 saturated carbocycles. The minimum Gasteiger partial charge on any atom is -0.478 e. The number of carboxylic acids is 1. The number of nitrogens with one attached hydrogen (secondary N) is 1. The summed E-state index contributed by atoms with van der Waals surface area (Å²) in [6.45, 7) is 0. The van der Waals surface area contributed by atoms with Gasteiger partial charge in [-0.3, -0.25) is 9.52 Å². The van der Waals surface area contributed by atoms with E-state index < -0.39 is 17.2 Å². The molecule has 0 aromatic heterocycles. The lowest BCUT2D eigenvalue weighted by Crippen LogP contribution is -2.18. The number of carbonyl (C=O) groups excluding carboxylic acids is 1. The van der Waals surface area contributed by atoms with Crippen molar-refractivity contribution < 1.29 is 14.7 Å². The molecule has 0 bridgehead atoms. The third kappa shape index (κ3) is 4.28. The van der Waals surface area contributed by atoms with Crippen LogP contribution in [-0.4, -0.2) is 23.2 Å². The molecule has 1 heterocycles. The van der Waals surface area contributed by atoms with E-state index in [4.69, 9.17) is 5.11 Å². The number of carboxylic acid groups (broad SMARTS) is 1. The van der Waals surface area contributed by atoms with Crippen LogP contribution in [0.15, 0.2) is 82.6 Å². The first kappa shape index (κ1) is 18.7. The van der Waals surface area contributed by atoms with Crippen LogP contribution in [0.5, 0.6) is 0 Å². The monoisotopic (exact) mass is 402 g/mol. The zero-order valence-electron chi connectivity index (χ0n) is 15.3. The highest BCUT2D eigenvalue weighted by atomic mass is 32.2. The Labute approximate surface area is 171 Å². The highest BCUT2D eigenvalue weighted by Gasteiger charge is 2.10. The number of nitrogens with zero attached hydrogens (tertiary/aromatic N) is 1. The van der Waals surface area contributed by atoms with Crippen molar-refractivity contribution in [3.8, 4) is 11.1 Å². The summed E-state index contributed by atoms with van der Waals surface area (Å²) in [6.07, 6.45) is 3.78. The molecule has 1 aliphatic rings. The van der Waals surface area contributed by atoms with Crippen LogP contribution in [0.4, 0.5) is 0 Å². The SMILES string of the molecule is O=C(O)c1ccc(-c2ccc(C(=O)N[SH]3C=Cc4ccccc4C=N3)cc2)cc1. The van der Waals surface area contributed by atoms with Gasteiger partial charge >= 0.3 is 5.97 Å². The number of hydrogen-bond donors (Lipinski definition) is 3. The Hall–Kier alpha value is -3.64. The molecule has 5 nitrogen and oxygen atoms in total. The molecule has 0 fully saturated rings. The topological polar surface area (TPSA) is 78.8 Å². The fourth-order valence-electron chi connectivity index (χ4n) is 2.95. The second-order valence-corrected chi connectivity index (χ2v) is 7.88. The van der Waals surface area contributed by atoms with Gasteiger partial charge in [0.2, 0.25) is 0 Å². The Morgan fingerprint density at radius 1 is 0.793 bits per heavy atom. The molecule has 4 rings (SSSR count). The number of rotatable bonds is 4. The van der Waals surface area contributed by atoms with E-state index in [2.05, 4.69) is 9.12 Å². The van der Waals surface area contributed by atoms with E-state index >= 15 is 0 Å². The predicted molar refractivity (Wildman–Crippen MR) is 118 cm³/mol. The zero-order chi connectivity index (χ0) is 20.2. The molecule has 6 heteroatoms. The maximum atomic E-state index is 12.6. The van der Waals surface area contributed by atoms with Crippen LogP contribution in [0.25, 0.3) is 17.2 Å². The number of benzene rings is 3. The third-order valence-corrected chi connectivity index (χ3v) is 5.77. The van der Waals surface area contributed by atoms with Crippen molar-refractivity contribution in [2.75, 3.05) is 0 Å². The maximum absolute atomic E-state index is 12.6. The van der Waals surface area contributed by atoms with Gasteiger partial charge < -0.3 is 5.11 Å². The molecule has 3 aromatic rings. The van der Waals surface area contributed by atoms with Crippen LogP contribution < -0.4 is 4.72 Å². The second-order valence-electron chi connectivity index (χ2n) is 6.43. The number of thiol groups is 1. The summed E-state index contributed by atoms with van der Waals surface area (Å²) in [6, 6.07) is 21.8. The van der Waals surface area contributed by atoms with Gasteiger partial charge in [-0.15, -0.1) is 0 Å². The summed E-state index contributed by atoms with van der Waals surface area (Å²) in [5.41, 5.74) is 4.69. The highest BCUT2D eigenvalue weighted by molar-refractivity contribution is 8.17. The van der Waals surface area contributed by atoms with Gasteiger partial charge in [-0.25, -0.2) is 9.19 Å². The lowest BCUT2D eigenvalue weighted by molar-refractivity contribution is 0.0696. The summed E-state index contributed by atoms with van der Waals surface area (Å²) in [4.78, 5) is 23.6. The largest absolute Gasteiger partial charge is 0.478 e. The van der Waals surface area contributed by atoms with Crippen LogP contribution in [0, 0.1) is 0 Å². The molecular weight excluding hydrogens is 384 g/mol. The van der Waals surface area contributed by atoms with E-state index in [-0.39, 0.29) is 11.5 Å². The molecule has 1 aliphatic heterocycles. The van der Waals surface area contributed by atoms with E-state index in [0.29, 0.717) is 5.56 Å². The first-order valence-electron chi connectivity index (χ1n) is 8.95. The number of fused-ring (bicyclic) bond motifs is 1. The first-order chi connectivity index (χ1) is 14.1. The van der Waals surface area contributed by atoms with Crippen molar-refractivity contribution in [2.45, 2.75) is 0 Å². The summed E-state index contributed by atoms with van der Waals surface area (Å²) in [7, 11) is 0. The molecule has 1 atom stereocenters. The molecule has 29 heavy (non-hydrogen) atoms. The first-order valence-corrected chi connectivity index (χ1v) is 10.3. The van der Waals surface area contributed by atoms with Crippen molar-refractivity contribution >= 4 is 35.4 Å². The van der Waals surface area contributed by atoms with Crippen LogP contribution in [0.3, 0.4) is 0 Å². The van der Waals surface area contributed by atoms with Crippen molar-refractivity contribution in [1.29, 1.82) is 0 Å². The Kier molecular flexibility index (Phi) is 5.27. The molecular formula is C23H18N2O3S. The maximum Gasteiger partial charge on any atom is 0.335 e. The number of amides is 1. The van der Waals surface area contributed by atoms with Crippen molar-refractivity contribution in [3.63, 3.8) is 0 Å². The number of hydrogen-bond acceptors (Lipinski definition) is 3. The minimum absolute atomic E-state index is 0.184. The molecule has 144 valence electrons. The van der Waals surface area contributed by atoms with Crippen LogP contribution >= 0.6 is 11.3 Å². The normalized spacial score (nSPS) is 15.9. The van der Waals surface area contributed by atoms with Gasteiger partial charge in [0.05, 0.1) is 5.56 Å². The van der Waals surface area contributed by atoms with E-state index in [9.17, 15) is 9.59 Å². The predicted octanol–water partition coefficient (Wildman–Crippen LogP) is 4.72. The Bertz CT molecular complexity index is 1090. The molecule has 1 unspecified atom stereocenters. The van der Waals surface area contributed by atoms with Crippen LogP contribution in [0.2, 0.25) is 0 Å². The summed E-state index contributed by atoms with van der Waals surface area (Å²) < 4.78 is 7.46. The molecule has 3 aromatic carbocycles. The second kappa shape index (κ2) is 8.16. The van der Waals surface area contributed by atoms with E-state index in [1.165, 1.54) is 0 Å². The van der Waals surface area contributed by atoms with Crippen molar-refractivity contribution in [1.82, 2.24) is 4.72 Å². The van der Waals surface area contributed by atoms with Gasteiger partial charge in [0.15, 0.2) is 0 Å². The van der Waals surface area contributed by atoms with Gasteiger partial charge in [-0.2, -0.15) is 0 Å². The van der Waals surface area contributed by atoms with Crippen molar-refractivity contribution in [2.24, 2.45) is 4.40 Å². The molecule has 0 spiro atoms. The Balaban J connectivity index is 1.45. The van der Waals surface area contributed by atoms with Crippen molar-refractivity contribution in [3.05, 3.63) is 100 Å². The number of aromatic carboxylic acids is 1. The minimum atomic E-state index is -1.14. The fraction of sp³-hybridized carbons (Fsp3) is 0. The summed E-state index contributed by atoms with van der Waals surface area (Å²) in [5.74, 6) is -1.14. The molecule has 0 aliphatic carbocycles. The quantitative estimate of drug-likeness (QED) is 0.553. The molecule has 1 amide bonds. The smallest absolute Gasteiger partial charge is 0.335 e. The highest BCUT2D eigenvalue weighted by Crippen LogP contribution is 2.29. The zero-order valence-corrected chi connectivity index (χ0v) is 16.2. The van der Waals surface area contributed by atoms with Crippen LogP contribution in [0.1, 0.15) is 31.8 Å². The average Bonchev–Trinajstić information content (AvgIpc) is 2.96. The van der Waals surface area contributed by atoms with E-state index in [1.807, 2.05) is 47.9 Å². The summed E-state index contributed by atoms with van der Waals surface area (Å²) in [5, 5.41) is 10.9. The van der Waals surface area contributed by atoms with Gasteiger partial charge in [-0.1, -0.05) is 59.8 Å². The van der Waals surface area contributed by atoms with Gasteiger partial charge in [0.25, 0.3) is 5.91 Å². The van der Waals surface area contributed by atoms with Gasteiger partial charge in [0, 0.05) is 17.3 Å². The number of carbonyl (C=O) groups is 2. The molecule has 0 radical (unpaired) electrons. The Morgan fingerprint density at radius 3 is 2.00 bits per heavy atom. The lowest BCUT2D eigenvalue weighted by Gasteiger charge is -2.13. The standard InChI is InChI=1S/C23H18N2O3S/c26-22(25-29-14-13-16-3-1-2-4-21(16)15-24-29)19-9-5-17(6-10-19)18-7-11-20(12-8-18)23(27)28/h1-15,29H,(H,25,26)(H,27,28). The summed E-state index contributed by atoms with van der Waals surface area (Å²) >= 11 is -1.14.